The molecule has 3 nitrogen and oxygen atoms in total. The van der Waals surface area contributed by atoms with Crippen LogP contribution in [0.4, 0.5) is 13.2 Å². The van der Waals surface area contributed by atoms with E-state index in [4.69, 9.17) is 0 Å². The molecule has 8 heteroatoms. The van der Waals surface area contributed by atoms with Gasteiger partial charge in [-0.1, -0.05) is 40.3 Å². The maximum absolute atomic E-state index is 12.9. The third-order valence-corrected chi connectivity index (χ3v) is 4.35. The van der Waals surface area contributed by atoms with Gasteiger partial charge in [-0.25, -0.2) is 0 Å². The molecular formula is C13H13BrF3N3S. The molecule has 2 rings (SSSR count). The minimum atomic E-state index is -4.40. The second-order valence-electron chi connectivity index (χ2n) is 4.37. The highest BCUT2D eigenvalue weighted by molar-refractivity contribution is 9.10. The Hall–Kier alpha value is -0.990. The number of hydrogen-bond donors (Lipinski definition) is 1. The van der Waals surface area contributed by atoms with Crippen LogP contribution in [-0.2, 0) is 12.7 Å². The van der Waals surface area contributed by atoms with Gasteiger partial charge in [0.1, 0.15) is 10.0 Å². The first-order chi connectivity index (χ1) is 9.91. The van der Waals surface area contributed by atoms with E-state index in [9.17, 15) is 13.2 Å². The van der Waals surface area contributed by atoms with E-state index in [0.29, 0.717) is 17.1 Å². The van der Waals surface area contributed by atoms with Crippen molar-refractivity contribution in [3.05, 3.63) is 33.2 Å². The van der Waals surface area contributed by atoms with Gasteiger partial charge in [0.25, 0.3) is 0 Å². The number of aromatic nitrogens is 2. The molecular weight excluding hydrogens is 367 g/mol. The summed E-state index contributed by atoms with van der Waals surface area (Å²) in [6.07, 6.45) is -3.39. The lowest BCUT2D eigenvalue weighted by Crippen LogP contribution is -2.13. The molecule has 0 saturated carbocycles. The van der Waals surface area contributed by atoms with Gasteiger partial charge in [0.2, 0.25) is 0 Å². The van der Waals surface area contributed by atoms with Crippen molar-refractivity contribution in [1.29, 1.82) is 0 Å². The zero-order valence-electron chi connectivity index (χ0n) is 11.2. The van der Waals surface area contributed by atoms with E-state index in [1.54, 1.807) is 6.07 Å². The number of nitrogens with one attached hydrogen (secondary N) is 1. The van der Waals surface area contributed by atoms with Gasteiger partial charge in [0.05, 0.1) is 5.56 Å². The number of rotatable bonds is 5. The predicted octanol–water partition coefficient (Wildman–Crippen LogP) is 4.49. The summed E-state index contributed by atoms with van der Waals surface area (Å²) in [7, 11) is 0. The highest BCUT2D eigenvalue weighted by atomic mass is 79.9. The van der Waals surface area contributed by atoms with Crippen molar-refractivity contribution in [3.63, 3.8) is 0 Å². The molecule has 1 aromatic carbocycles. The smallest absolute Gasteiger partial charge is 0.310 e. The molecule has 0 unspecified atom stereocenters. The lowest BCUT2D eigenvalue weighted by molar-refractivity contribution is -0.138. The lowest BCUT2D eigenvalue weighted by atomic mass is 10.1. The van der Waals surface area contributed by atoms with Crippen LogP contribution >= 0.6 is 27.3 Å². The maximum Gasteiger partial charge on any atom is 0.417 e. The molecule has 1 heterocycles. The molecule has 0 spiro atoms. The molecule has 0 amide bonds. The van der Waals surface area contributed by atoms with Crippen LogP contribution in [0.2, 0.25) is 0 Å². The molecule has 1 aromatic heterocycles. The van der Waals surface area contributed by atoms with Gasteiger partial charge in [-0.05, 0) is 25.1 Å². The van der Waals surface area contributed by atoms with Crippen LogP contribution in [0, 0.1) is 0 Å². The summed E-state index contributed by atoms with van der Waals surface area (Å²) >= 11 is 4.22. The Morgan fingerprint density at radius 1 is 1.29 bits per heavy atom. The Morgan fingerprint density at radius 3 is 2.71 bits per heavy atom. The predicted molar refractivity (Wildman–Crippen MR) is 80.0 cm³/mol. The van der Waals surface area contributed by atoms with E-state index >= 15 is 0 Å². The van der Waals surface area contributed by atoms with Gasteiger partial charge < -0.3 is 5.32 Å². The van der Waals surface area contributed by atoms with E-state index < -0.39 is 11.7 Å². The third kappa shape index (κ3) is 4.24. The zero-order valence-corrected chi connectivity index (χ0v) is 13.6. The van der Waals surface area contributed by atoms with Crippen LogP contribution in [0.3, 0.4) is 0 Å². The van der Waals surface area contributed by atoms with E-state index in [-0.39, 0.29) is 4.47 Å². The molecule has 0 radical (unpaired) electrons. The Kier molecular flexibility index (Phi) is 5.34. The summed E-state index contributed by atoms with van der Waals surface area (Å²) in [5.74, 6) is 0. The fourth-order valence-corrected chi connectivity index (χ4v) is 2.97. The quantitative estimate of drug-likeness (QED) is 0.777. The monoisotopic (exact) mass is 379 g/mol. The molecule has 0 aliphatic rings. The van der Waals surface area contributed by atoms with Crippen molar-refractivity contribution in [2.24, 2.45) is 0 Å². The van der Waals surface area contributed by atoms with Crippen LogP contribution in [0.25, 0.3) is 10.6 Å². The molecule has 0 saturated heterocycles. The van der Waals surface area contributed by atoms with Gasteiger partial charge in [0.15, 0.2) is 0 Å². The first-order valence-corrected chi connectivity index (χ1v) is 7.93. The highest BCUT2D eigenvalue weighted by Crippen LogP contribution is 2.37. The molecule has 0 fully saturated rings. The SMILES string of the molecule is CCCNCc1nnc(-c2ccc(Br)c(C(F)(F)F)c2)s1. The van der Waals surface area contributed by atoms with Crippen molar-refractivity contribution in [2.75, 3.05) is 6.54 Å². The van der Waals surface area contributed by atoms with E-state index in [2.05, 4.69) is 38.4 Å². The first kappa shape index (κ1) is 16.4. The fourth-order valence-electron chi connectivity index (χ4n) is 1.69. The van der Waals surface area contributed by atoms with Crippen molar-refractivity contribution < 1.29 is 13.2 Å². The van der Waals surface area contributed by atoms with Crippen LogP contribution in [0.5, 0.6) is 0 Å². The van der Waals surface area contributed by atoms with Crippen LogP contribution in [0.15, 0.2) is 22.7 Å². The van der Waals surface area contributed by atoms with Crippen LogP contribution in [-0.4, -0.2) is 16.7 Å². The minimum absolute atomic E-state index is 0.0214. The number of alkyl halides is 3. The Balaban J connectivity index is 2.22. The number of nitrogens with zero attached hydrogens (tertiary/aromatic N) is 2. The zero-order chi connectivity index (χ0) is 15.5. The number of benzene rings is 1. The summed E-state index contributed by atoms with van der Waals surface area (Å²) in [6, 6.07) is 4.07. The maximum atomic E-state index is 12.9. The van der Waals surface area contributed by atoms with Crippen LogP contribution in [0.1, 0.15) is 23.9 Å². The minimum Gasteiger partial charge on any atom is -0.310 e. The summed E-state index contributed by atoms with van der Waals surface area (Å²) in [5.41, 5.74) is -0.286. The number of hydrogen-bond acceptors (Lipinski definition) is 4. The Labute approximate surface area is 132 Å². The summed E-state index contributed by atoms with van der Waals surface area (Å²) in [5, 5.41) is 12.4. The molecule has 0 atom stereocenters. The molecule has 0 aliphatic heterocycles. The summed E-state index contributed by atoms with van der Waals surface area (Å²) in [6.45, 7) is 3.50. The standard InChI is InChI=1S/C13H13BrF3N3S/c1-2-5-18-7-11-19-20-12(21-11)8-3-4-10(14)9(6-8)13(15,16)17/h3-4,6,18H,2,5,7H2,1H3. The van der Waals surface area contributed by atoms with Gasteiger partial charge in [-0.2, -0.15) is 13.2 Å². The van der Waals surface area contributed by atoms with E-state index in [1.165, 1.54) is 17.4 Å². The molecule has 0 aliphatic carbocycles. The van der Waals surface area contributed by atoms with Crippen LogP contribution < -0.4 is 5.32 Å². The van der Waals surface area contributed by atoms with Crippen molar-refractivity contribution in [2.45, 2.75) is 26.1 Å². The van der Waals surface area contributed by atoms with Gasteiger partial charge >= 0.3 is 6.18 Å². The average molecular weight is 380 g/mol. The summed E-state index contributed by atoms with van der Waals surface area (Å²) < 4.78 is 38.7. The molecule has 2 aromatic rings. The average Bonchev–Trinajstić information content (AvgIpc) is 2.87. The third-order valence-electron chi connectivity index (χ3n) is 2.69. The Morgan fingerprint density at radius 2 is 2.05 bits per heavy atom. The van der Waals surface area contributed by atoms with Gasteiger partial charge in [-0.15, -0.1) is 10.2 Å². The second-order valence-corrected chi connectivity index (χ2v) is 6.29. The van der Waals surface area contributed by atoms with Crippen molar-refractivity contribution >= 4 is 27.3 Å². The molecule has 1 N–H and O–H groups in total. The van der Waals surface area contributed by atoms with E-state index in [0.717, 1.165) is 24.0 Å². The normalized spacial score (nSPS) is 11.9. The summed E-state index contributed by atoms with van der Waals surface area (Å²) in [4.78, 5) is 0. The second kappa shape index (κ2) is 6.85. The molecule has 0 bridgehead atoms. The van der Waals surface area contributed by atoms with Crippen molar-refractivity contribution in [1.82, 2.24) is 15.5 Å². The first-order valence-electron chi connectivity index (χ1n) is 6.32. The molecule has 114 valence electrons. The van der Waals surface area contributed by atoms with Gasteiger partial charge in [0, 0.05) is 16.6 Å². The number of halogens is 4. The van der Waals surface area contributed by atoms with Gasteiger partial charge in [-0.3, -0.25) is 0 Å². The highest BCUT2D eigenvalue weighted by Gasteiger charge is 2.33. The Bertz CT molecular complexity index is 613. The largest absolute Gasteiger partial charge is 0.417 e. The fraction of sp³-hybridized carbons (Fsp3) is 0.385. The van der Waals surface area contributed by atoms with Crippen molar-refractivity contribution in [3.8, 4) is 10.6 Å². The molecule has 21 heavy (non-hydrogen) atoms. The lowest BCUT2D eigenvalue weighted by Gasteiger charge is -2.09. The van der Waals surface area contributed by atoms with E-state index in [1.807, 2.05) is 0 Å². The topological polar surface area (TPSA) is 37.8 Å².